The minimum atomic E-state index is -1.03. The van der Waals surface area contributed by atoms with Crippen LogP contribution < -0.4 is 15.8 Å². The maximum absolute atomic E-state index is 13.5. The van der Waals surface area contributed by atoms with Crippen LogP contribution in [-0.4, -0.2) is 32.0 Å². The first-order chi connectivity index (χ1) is 17.3. The van der Waals surface area contributed by atoms with Crippen LogP contribution in [0.2, 0.25) is 0 Å². The summed E-state index contributed by atoms with van der Waals surface area (Å²) in [5.74, 6) is -0.682. The number of aromatic nitrogens is 3. The van der Waals surface area contributed by atoms with Crippen LogP contribution in [0.4, 0.5) is 11.5 Å². The van der Waals surface area contributed by atoms with Gasteiger partial charge in [-0.2, -0.15) is 5.26 Å². The van der Waals surface area contributed by atoms with Gasteiger partial charge in [-0.05, 0) is 44.5 Å². The first-order valence-corrected chi connectivity index (χ1v) is 12.3. The maximum atomic E-state index is 13.5. The second-order valence-corrected chi connectivity index (χ2v) is 10.2. The molecule has 1 aliphatic rings. The van der Waals surface area contributed by atoms with Crippen molar-refractivity contribution < 1.29 is 9.90 Å². The average Bonchev–Trinajstić information content (AvgIpc) is 3.23. The maximum Gasteiger partial charge on any atom is 0.337 e. The minimum Gasteiger partial charge on any atom is -0.478 e. The van der Waals surface area contributed by atoms with Crippen LogP contribution in [-0.2, 0) is 13.0 Å². The van der Waals surface area contributed by atoms with Crippen molar-refractivity contribution in [2.24, 2.45) is 0 Å². The lowest BCUT2D eigenvalue weighted by Crippen LogP contribution is -2.34. The lowest BCUT2D eigenvalue weighted by molar-refractivity contribution is 0.0698. The van der Waals surface area contributed by atoms with Crippen molar-refractivity contribution in [3.63, 3.8) is 0 Å². The second-order valence-electron chi connectivity index (χ2n) is 8.88. The molecule has 0 spiro atoms. The number of rotatable bonds is 5. The number of anilines is 2. The van der Waals surface area contributed by atoms with Crippen molar-refractivity contribution in [3.8, 4) is 6.07 Å². The smallest absolute Gasteiger partial charge is 0.337 e. The number of aromatic carboxylic acids is 1. The Labute approximate surface area is 211 Å². The Morgan fingerprint density at radius 3 is 2.81 bits per heavy atom. The van der Waals surface area contributed by atoms with Crippen molar-refractivity contribution in [2.75, 3.05) is 16.8 Å². The van der Waals surface area contributed by atoms with E-state index in [4.69, 9.17) is 4.98 Å². The van der Waals surface area contributed by atoms with E-state index in [9.17, 15) is 20.0 Å². The van der Waals surface area contributed by atoms with E-state index in [1.165, 1.54) is 15.3 Å². The molecule has 0 saturated carbocycles. The molecule has 0 saturated heterocycles. The molecule has 1 aliphatic heterocycles. The van der Waals surface area contributed by atoms with Gasteiger partial charge in [0.05, 0.1) is 28.9 Å². The number of hydrogen-bond acceptors (Lipinski definition) is 8. The van der Waals surface area contributed by atoms with Crippen LogP contribution in [0.1, 0.15) is 55.6 Å². The van der Waals surface area contributed by atoms with Gasteiger partial charge in [-0.15, -0.1) is 11.3 Å². The number of carboxylic acid groups (broad SMARTS) is 1. The molecule has 4 heterocycles. The number of nitrogens with zero attached hydrogens (tertiary/aromatic N) is 5. The fourth-order valence-electron chi connectivity index (χ4n) is 4.66. The average molecular weight is 501 g/mol. The quantitative estimate of drug-likeness (QED) is 0.420. The number of nitriles is 1. The molecule has 0 fully saturated rings. The molecule has 2 N–H and O–H groups in total. The van der Waals surface area contributed by atoms with Gasteiger partial charge >= 0.3 is 5.97 Å². The highest BCUT2D eigenvalue weighted by Gasteiger charge is 2.26. The van der Waals surface area contributed by atoms with Crippen LogP contribution in [0.15, 0.2) is 41.3 Å². The van der Waals surface area contributed by atoms with Gasteiger partial charge in [-0.3, -0.25) is 9.20 Å². The molecule has 182 valence electrons. The van der Waals surface area contributed by atoms with Gasteiger partial charge in [0.15, 0.2) is 11.4 Å². The molecule has 0 amide bonds. The first kappa shape index (κ1) is 23.5. The number of benzene rings is 1. The van der Waals surface area contributed by atoms with Gasteiger partial charge in [-0.1, -0.05) is 12.1 Å². The molecule has 0 unspecified atom stereocenters. The van der Waals surface area contributed by atoms with E-state index in [0.717, 1.165) is 28.2 Å². The summed E-state index contributed by atoms with van der Waals surface area (Å²) < 4.78 is 1.41. The summed E-state index contributed by atoms with van der Waals surface area (Å²) in [7, 11) is 0. The third-order valence-electron chi connectivity index (χ3n) is 6.31. The number of pyridine rings is 1. The molecule has 1 atom stereocenters. The van der Waals surface area contributed by atoms with Gasteiger partial charge < -0.3 is 15.3 Å². The van der Waals surface area contributed by atoms with Crippen LogP contribution in [0.3, 0.4) is 0 Å². The van der Waals surface area contributed by atoms with Gasteiger partial charge in [0, 0.05) is 35.3 Å². The van der Waals surface area contributed by atoms with Gasteiger partial charge in [-0.25, -0.2) is 14.8 Å². The van der Waals surface area contributed by atoms with Crippen LogP contribution in [0.5, 0.6) is 0 Å². The van der Waals surface area contributed by atoms with Crippen LogP contribution in [0.25, 0.3) is 5.65 Å². The lowest BCUT2D eigenvalue weighted by Gasteiger charge is -2.28. The van der Waals surface area contributed by atoms with E-state index in [1.807, 2.05) is 31.7 Å². The number of nitrogens with one attached hydrogen (secondary N) is 1. The summed E-state index contributed by atoms with van der Waals surface area (Å²) in [6, 6.07) is 10.3. The summed E-state index contributed by atoms with van der Waals surface area (Å²) in [5, 5.41) is 23.7. The first-order valence-electron chi connectivity index (χ1n) is 11.5. The van der Waals surface area contributed by atoms with Crippen LogP contribution in [0, 0.1) is 25.2 Å². The zero-order valence-corrected chi connectivity index (χ0v) is 20.9. The van der Waals surface area contributed by atoms with Crippen molar-refractivity contribution in [1.82, 2.24) is 14.4 Å². The highest BCUT2D eigenvalue weighted by molar-refractivity contribution is 7.11. The third kappa shape index (κ3) is 4.07. The highest BCUT2D eigenvalue weighted by atomic mass is 32.1. The normalized spacial score (nSPS) is 13.8. The number of para-hydroxylation sites is 1. The Morgan fingerprint density at radius 2 is 2.06 bits per heavy atom. The van der Waals surface area contributed by atoms with Crippen molar-refractivity contribution in [3.05, 3.63) is 84.7 Å². The van der Waals surface area contributed by atoms with Gasteiger partial charge in [0.2, 0.25) is 0 Å². The summed E-state index contributed by atoms with van der Waals surface area (Å²) in [6.07, 6.45) is 2.45. The second kappa shape index (κ2) is 9.09. The molecule has 0 radical (unpaired) electrons. The van der Waals surface area contributed by atoms with Gasteiger partial charge in [0.1, 0.15) is 11.7 Å². The topological polar surface area (TPSA) is 124 Å². The lowest BCUT2D eigenvalue weighted by atomic mass is 10.1. The molecule has 36 heavy (non-hydrogen) atoms. The number of carbonyl (C=O) groups is 1. The number of aryl methyl sites for hydroxylation is 2. The van der Waals surface area contributed by atoms with Crippen LogP contribution >= 0.6 is 11.3 Å². The van der Waals surface area contributed by atoms with Crippen molar-refractivity contribution >= 4 is 34.5 Å². The summed E-state index contributed by atoms with van der Waals surface area (Å²) in [5.41, 5.74) is 3.11. The summed E-state index contributed by atoms with van der Waals surface area (Å²) in [4.78, 5) is 37.8. The Kier molecular flexibility index (Phi) is 5.94. The van der Waals surface area contributed by atoms with E-state index < -0.39 is 11.5 Å². The fraction of sp³-hybridized carbons (Fsp3) is 0.269. The van der Waals surface area contributed by atoms with E-state index in [2.05, 4.69) is 16.4 Å². The predicted molar refractivity (Wildman–Crippen MR) is 138 cm³/mol. The molecular formula is C26H24N6O3S. The third-order valence-corrected chi connectivity index (χ3v) is 7.39. The molecule has 0 bridgehead atoms. The van der Waals surface area contributed by atoms with E-state index >= 15 is 0 Å². The monoisotopic (exact) mass is 500 g/mol. The Morgan fingerprint density at radius 1 is 1.28 bits per heavy atom. The number of carboxylic acids is 1. The zero-order chi connectivity index (χ0) is 25.6. The molecule has 9 nitrogen and oxygen atoms in total. The van der Waals surface area contributed by atoms with Crippen molar-refractivity contribution in [1.29, 1.82) is 5.26 Å². The number of hydrogen-bond donors (Lipinski definition) is 2. The summed E-state index contributed by atoms with van der Waals surface area (Å²) >= 11 is 1.68. The number of thiazole rings is 1. The number of fused-ring (bicyclic) bond motifs is 2. The Balaban J connectivity index is 1.63. The minimum absolute atomic E-state index is 0.00344. The van der Waals surface area contributed by atoms with Crippen molar-refractivity contribution in [2.45, 2.75) is 39.8 Å². The zero-order valence-electron chi connectivity index (χ0n) is 20.1. The molecule has 5 rings (SSSR count). The SMILES string of the molecule is Cc1cc([C@@H](C)Nc2ccccc2C(=O)O)c2nc(N3CCc4sc(C)nc4C3)c(C#N)c(=O)n2c1. The predicted octanol–water partition coefficient (Wildman–Crippen LogP) is 4.07. The highest BCUT2D eigenvalue weighted by Crippen LogP contribution is 2.30. The molecule has 3 aromatic heterocycles. The standard InChI is InChI=1S/C26H24N6O3S/c1-14-10-18(15(2)28-20-7-5-4-6-17(20)26(34)35)24-30-23(19(11-27)25(33)32(24)12-14)31-9-8-22-21(13-31)29-16(3)36-22/h4-7,10,12,15,28H,8-9,13H2,1-3H3,(H,34,35)/t15-/m1/s1. The van der Waals surface area contributed by atoms with E-state index in [0.29, 0.717) is 30.2 Å². The largest absolute Gasteiger partial charge is 0.478 e. The molecule has 0 aliphatic carbocycles. The molecule has 10 heteroatoms. The molecular weight excluding hydrogens is 476 g/mol. The molecule has 4 aromatic rings. The van der Waals surface area contributed by atoms with E-state index in [-0.39, 0.29) is 17.2 Å². The Hall–Kier alpha value is -4.23. The van der Waals surface area contributed by atoms with Gasteiger partial charge in [0.25, 0.3) is 5.56 Å². The summed E-state index contributed by atoms with van der Waals surface area (Å²) in [6.45, 7) is 6.84. The fourth-order valence-corrected chi connectivity index (χ4v) is 5.59. The van der Waals surface area contributed by atoms with E-state index in [1.54, 1.807) is 35.7 Å². The molecule has 1 aromatic carbocycles. The Bertz CT molecular complexity index is 1620.